The Morgan fingerprint density at radius 2 is 1.88 bits per heavy atom. The summed E-state index contributed by atoms with van der Waals surface area (Å²) in [5.74, 6) is -0.172. The van der Waals surface area contributed by atoms with Gasteiger partial charge in [-0.15, -0.1) is 0 Å². The fourth-order valence-electron chi connectivity index (χ4n) is 3.05. The second-order valence-electron chi connectivity index (χ2n) is 6.07. The van der Waals surface area contributed by atoms with Gasteiger partial charge in [-0.1, -0.05) is 30.3 Å². The molecule has 1 aliphatic heterocycles. The van der Waals surface area contributed by atoms with Crippen LogP contribution in [0.2, 0.25) is 0 Å². The van der Waals surface area contributed by atoms with E-state index < -0.39 is 0 Å². The first-order chi connectivity index (χ1) is 12.3. The van der Waals surface area contributed by atoms with Gasteiger partial charge < -0.3 is 15.0 Å². The summed E-state index contributed by atoms with van der Waals surface area (Å²) in [7, 11) is 0. The minimum atomic E-state index is -0.172. The number of carbonyl (C=O) groups excluding carboxylic acids is 1. The van der Waals surface area contributed by atoms with Crippen molar-refractivity contribution >= 4 is 22.5 Å². The van der Waals surface area contributed by atoms with Gasteiger partial charge in [-0.25, -0.2) is 0 Å². The first-order valence-corrected chi connectivity index (χ1v) is 8.44. The third-order valence-corrected chi connectivity index (χ3v) is 4.45. The Labute approximate surface area is 145 Å². The van der Waals surface area contributed by atoms with Crippen LogP contribution in [0, 0.1) is 0 Å². The Morgan fingerprint density at radius 1 is 1.12 bits per heavy atom. The number of nitrogens with zero attached hydrogens (tertiary/aromatic N) is 2. The maximum Gasteiger partial charge on any atom is 0.272 e. The van der Waals surface area contributed by atoms with E-state index in [1.807, 2.05) is 36.4 Å². The number of carbonyl (C=O) groups is 1. The molecule has 4 rings (SSSR count). The smallest absolute Gasteiger partial charge is 0.272 e. The molecule has 0 spiro atoms. The van der Waals surface area contributed by atoms with Crippen molar-refractivity contribution in [3.8, 4) is 0 Å². The van der Waals surface area contributed by atoms with Crippen molar-refractivity contribution in [2.75, 3.05) is 31.2 Å². The van der Waals surface area contributed by atoms with Crippen molar-refractivity contribution in [1.29, 1.82) is 0 Å². The molecule has 2 N–H and O–H groups in total. The summed E-state index contributed by atoms with van der Waals surface area (Å²) in [6.07, 6.45) is 0. The van der Waals surface area contributed by atoms with Crippen LogP contribution in [0.4, 0.5) is 5.69 Å². The number of hydrogen-bond acceptors (Lipinski definition) is 4. The number of benzene rings is 2. The fraction of sp³-hybridized carbons (Fsp3) is 0.263. The number of morpholine rings is 1. The molecule has 0 saturated carbocycles. The number of aromatic amines is 1. The fourth-order valence-corrected chi connectivity index (χ4v) is 3.05. The number of H-pyrrole nitrogens is 1. The molecule has 1 amide bonds. The summed E-state index contributed by atoms with van der Waals surface area (Å²) in [5, 5.41) is 10.8. The van der Waals surface area contributed by atoms with Gasteiger partial charge in [0, 0.05) is 30.7 Å². The standard InChI is InChI=1S/C19H20N4O2/c24-19(18-16-3-1-2-4-17(16)21-22-18)20-13-14-5-7-15(8-6-14)23-9-11-25-12-10-23/h1-8H,9-13H2,(H,20,24)(H,21,22). The molecule has 128 valence electrons. The number of para-hydroxylation sites is 1. The summed E-state index contributed by atoms with van der Waals surface area (Å²) < 4.78 is 5.38. The first kappa shape index (κ1) is 15.7. The van der Waals surface area contributed by atoms with Crippen LogP contribution in [0.1, 0.15) is 16.1 Å². The van der Waals surface area contributed by atoms with Crippen LogP contribution in [0.15, 0.2) is 48.5 Å². The SMILES string of the molecule is O=C(NCc1ccc(N2CCOCC2)cc1)c1n[nH]c2ccccc12. The Hall–Kier alpha value is -2.86. The molecule has 2 heterocycles. The lowest BCUT2D eigenvalue weighted by atomic mass is 10.1. The van der Waals surface area contributed by atoms with Gasteiger partial charge in [0.15, 0.2) is 5.69 Å². The van der Waals surface area contributed by atoms with E-state index in [0.29, 0.717) is 12.2 Å². The lowest BCUT2D eigenvalue weighted by Crippen LogP contribution is -2.36. The van der Waals surface area contributed by atoms with Crippen LogP contribution < -0.4 is 10.2 Å². The minimum Gasteiger partial charge on any atom is -0.378 e. The summed E-state index contributed by atoms with van der Waals surface area (Å²) in [5.41, 5.74) is 3.55. The summed E-state index contributed by atoms with van der Waals surface area (Å²) in [6.45, 7) is 3.86. The topological polar surface area (TPSA) is 70.2 Å². The second kappa shape index (κ2) is 6.94. The molecule has 0 bridgehead atoms. The van der Waals surface area contributed by atoms with E-state index >= 15 is 0 Å². The largest absolute Gasteiger partial charge is 0.378 e. The molecule has 3 aromatic rings. The Kier molecular flexibility index (Phi) is 4.35. The highest BCUT2D eigenvalue weighted by Crippen LogP contribution is 2.17. The zero-order chi connectivity index (χ0) is 17.1. The molecule has 1 fully saturated rings. The van der Waals surface area contributed by atoms with E-state index in [9.17, 15) is 4.79 Å². The highest BCUT2D eigenvalue weighted by Gasteiger charge is 2.14. The zero-order valence-corrected chi connectivity index (χ0v) is 13.9. The highest BCUT2D eigenvalue weighted by molar-refractivity contribution is 6.04. The van der Waals surface area contributed by atoms with Crippen molar-refractivity contribution < 1.29 is 9.53 Å². The lowest BCUT2D eigenvalue weighted by Gasteiger charge is -2.28. The normalized spacial score (nSPS) is 14.6. The molecule has 0 atom stereocenters. The molecule has 2 aromatic carbocycles. The van der Waals surface area contributed by atoms with Gasteiger partial charge in [0.25, 0.3) is 5.91 Å². The van der Waals surface area contributed by atoms with Gasteiger partial charge in [-0.05, 0) is 23.8 Å². The van der Waals surface area contributed by atoms with Crippen LogP contribution in [0.3, 0.4) is 0 Å². The van der Waals surface area contributed by atoms with Crippen molar-refractivity contribution in [1.82, 2.24) is 15.5 Å². The maximum atomic E-state index is 12.4. The number of nitrogens with one attached hydrogen (secondary N) is 2. The van der Waals surface area contributed by atoms with E-state index in [4.69, 9.17) is 4.74 Å². The number of fused-ring (bicyclic) bond motifs is 1. The van der Waals surface area contributed by atoms with Crippen LogP contribution in [-0.2, 0) is 11.3 Å². The van der Waals surface area contributed by atoms with Crippen molar-refractivity contribution in [3.05, 3.63) is 59.8 Å². The van der Waals surface area contributed by atoms with Crippen LogP contribution >= 0.6 is 0 Å². The predicted octanol–water partition coefficient (Wildman–Crippen LogP) is 2.33. The second-order valence-corrected chi connectivity index (χ2v) is 6.07. The Morgan fingerprint density at radius 3 is 2.68 bits per heavy atom. The van der Waals surface area contributed by atoms with E-state index in [0.717, 1.165) is 42.8 Å². The molecule has 1 aliphatic rings. The van der Waals surface area contributed by atoms with Gasteiger partial charge in [-0.2, -0.15) is 5.10 Å². The molecule has 6 nitrogen and oxygen atoms in total. The molecule has 0 radical (unpaired) electrons. The maximum absolute atomic E-state index is 12.4. The van der Waals surface area contributed by atoms with E-state index in [-0.39, 0.29) is 5.91 Å². The average molecular weight is 336 g/mol. The number of rotatable bonds is 4. The van der Waals surface area contributed by atoms with Gasteiger partial charge in [-0.3, -0.25) is 9.89 Å². The van der Waals surface area contributed by atoms with E-state index in [1.165, 1.54) is 5.69 Å². The monoisotopic (exact) mass is 336 g/mol. The van der Waals surface area contributed by atoms with Gasteiger partial charge in [0.1, 0.15) is 0 Å². The number of hydrogen-bond donors (Lipinski definition) is 2. The van der Waals surface area contributed by atoms with Gasteiger partial charge in [0.2, 0.25) is 0 Å². The minimum absolute atomic E-state index is 0.172. The van der Waals surface area contributed by atoms with Crippen LogP contribution in [0.5, 0.6) is 0 Å². The average Bonchev–Trinajstić information content (AvgIpc) is 3.11. The van der Waals surface area contributed by atoms with Crippen molar-refractivity contribution in [2.45, 2.75) is 6.54 Å². The summed E-state index contributed by atoms with van der Waals surface area (Å²) >= 11 is 0. The number of amides is 1. The molecule has 6 heteroatoms. The van der Waals surface area contributed by atoms with Gasteiger partial charge in [0.05, 0.1) is 18.7 Å². The third kappa shape index (κ3) is 3.34. The van der Waals surface area contributed by atoms with Crippen LogP contribution in [-0.4, -0.2) is 42.4 Å². The molecular weight excluding hydrogens is 316 g/mol. The lowest BCUT2D eigenvalue weighted by molar-refractivity contribution is 0.0947. The molecule has 0 aliphatic carbocycles. The quantitative estimate of drug-likeness (QED) is 0.767. The van der Waals surface area contributed by atoms with Crippen molar-refractivity contribution in [2.24, 2.45) is 0 Å². The summed E-state index contributed by atoms with van der Waals surface area (Å²) in [6, 6.07) is 15.9. The molecule has 0 unspecified atom stereocenters. The first-order valence-electron chi connectivity index (χ1n) is 8.44. The summed E-state index contributed by atoms with van der Waals surface area (Å²) in [4.78, 5) is 14.7. The zero-order valence-electron chi connectivity index (χ0n) is 13.9. The number of anilines is 1. The predicted molar refractivity (Wildman–Crippen MR) is 96.7 cm³/mol. The Bertz CT molecular complexity index is 867. The van der Waals surface area contributed by atoms with Crippen molar-refractivity contribution in [3.63, 3.8) is 0 Å². The van der Waals surface area contributed by atoms with E-state index in [2.05, 4.69) is 32.5 Å². The van der Waals surface area contributed by atoms with E-state index in [1.54, 1.807) is 0 Å². The highest BCUT2D eigenvalue weighted by atomic mass is 16.5. The third-order valence-electron chi connectivity index (χ3n) is 4.45. The Balaban J connectivity index is 1.40. The molecular formula is C19H20N4O2. The molecule has 25 heavy (non-hydrogen) atoms. The van der Waals surface area contributed by atoms with Gasteiger partial charge >= 0.3 is 0 Å². The number of aromatic nitrogens is 2. The molecule has 1 saturated heterocycles. The number of ether oxygens (including phenoxy) is 1. The van der Waals surface area contributed by atoms with Crippen LogP contribution in [0.25, 0.3) is 10.9 Å². The molecule has 1 aromatic heterocycles.